The van der Waals surface area contributed by atoms with Crippen molar-refractivity contribution in [2.45, 2.75) is 50.6 Å². The molecule has 1 aromatic carbocycles. The minimum absolute atomic E-state index is 0.113. The molecule has 2 unspecified atom stereocenters. The standard InChI is InChI=1S/C15H21N3O/c16-12-3-1-2-4-14(12)17-11-6-7-13-10(9-11)5-8-15(19)18-13/h6-7,9,12,14,17H,1-5,8,16H2,(H,18,19). The summed E-state index contributed by atoms with van der Waals surface area (Å²) >= 11 is 0. The van der Waals surface area contributed by atoms with Crippen molar-refractivity contribution in [2.75, 3.05) is 10.6 Å². The van der Waals surface area contributed by atoms with Gasteiger partial charge in [0.1, 0.15) is 0 Å². The molecular formula is C15H21N3O. The SMILES string of the molecule is NC1CCCCC1Nc1ccc2c(c1)CCC(=O)N2. The van der Waals surface area contributed by atoms with Crippen LogP contribution in [-0.4, -0.2) is 18.0 Å². The minimum atomic E-state index is 0.113. The number of carbonyl (C=O) groups is 1. The molecule has 2 atom stereocenters. The van der Waals surface area contributed by atoms with E-state index in [0.717, 1.165) is 30.6 Å². The van der Waals surface area contributed by atoms with Crippen molar-refractivity contribution in [3.63, 3.8) is 0 Å². The molecule has 1 amide bonds. The number of amides is 1. The Morgan fingerprint density at radius 2 is 2.05 bits per heavy atom. The Balaban J connectivity index is 1.73. The summed E-state index contributed by atoms with van der Waals surface area (Å²) < 4.78 is 0. The zero-order valence-corrected chi connectivity index (χ0v) is 11.1. The predicted molar refractivity (Wildman–Crippen MR) is 77.2 cm³/mol. The van der Waals surface area contributed by atoms with Crippen LogP contribution in [0.3, 0.4) is 0 Å². The van der Waals surface area contributed by atoms with Gasteiger partial charge in [-0.25, -0.2) is 0 Å². The Morgan fingerprint density at radius 3 is 2.89 bits per heavy atom. The van der Waals surface area contributed by atoms with Crippen molar-refractivity contribution in [3.05, 3.63) is 23.8 Å². The fourth-order valence-corrected chi connectivity index (χ4v) is 3.03. The first-order chi connectivity index (χ1) is 9.22. The lowest BCUT2D eigenvalue weighted by molar-refractivity contribution is -0.116. The summed E-state index contributed by atoms with van der Waals surface area (Å²) in [5.74, 6) is 0.113. The molecule has 0 radical (unpaired) electrons. The number of hydrogen-bond donors (Lipinski definition) is 3. The molecule has 4 N–H and O–H groups in total. The number of fused-ring (bicyclic) bond motifs is 1. The molecule has 0 saturated heterocycles. The molecular weight excluding hydrogens is 238 g/mol. The number of aryl methyl sites for hydroxylation is 1. The van der Waals surface area contributed by atoms with Gasteiger partial charge < -0.3 is 16.4 Å². The summed E-state index contributed by atoms with van der Waals surface area (Å²) in [7, 11) is 0. The van der Waals surface area contributed by atoms with E-state index in [-0.39, 0.29) is 11.9 Å². The van der Waals surface area contributed by atoms with E-state index in [4.69, 9.17) is 5.73 Å². The third-order valence-electron chi connectivity index (χ3n) is 4.17. The van der Waals surface area contributed by atoms with Gasteiger partial charge in [-0.3, -0.25) is 4.79 Å². The average Bonchev–Trinajstić information content (AvgIpc) is 2.41. The maximum absolute atomic E-state index is 11.3. The monoisotopic (exact) mass is 259 g/mol. The van der Waals surface area contributed by atoms with Crippen LogP contribution in [0.15, 0.2) is 18.2 Å². The van der Waals surface area contributed by atoms with Gasteiger partial charge in [-0.2, -0.15) is 0 Å². The normalized spacial score (nSPS) is 26.5. The highest BCUT2D eigenvalue weighted by atomic mass is 16.1. The van der Waals surface area contributed by atoms with Gasteiger partial charge in [-0.15, -0.1) is 0 Å². The summed E-state index contributed by atoms with van der Waals surface area (Å²) in [5, 5.41) is 6.46. The number of rotatable bonds is 2. The molecule has 2 aliphatic rings. The molecule has 1 aliphatic carbocycles. The molecule has 1 aliphatic heterocycles. The van der Waals surface area contributed by atoms with Crippen LogP contribution in [0.5, 0.6) is 0 Å². The van der Waals surface area contributed by atoms with E-state index in [0.29, 0.717) is 12.5 Å². The lowest BCUT2D eigenvalue weighted by Crippen LogP contribution is -2.42. The Kier molecular flexibility index (Phi) is 3.42. The second kappa shape index (κ2) is 5.21. The molecule has 102 valence electrons. The highest BCUT2D eigenvalue weighted by Gasteiger charge is 2.22. The third kappa shape index (κ3) is 2.73. The van der Waals surface area contributed by atoms with Crippen molar-refractivity contribution >= 4 is 17.3 Å². The van der Waals surface area contributed by atoms with E-state index in [1.165, 1.54) is 18.4 Å². The highest BCUT2D eigenvalue weighted by Crippen LogP contribution is 2.27. The molecule has 0 bridgehead atoms. The van der Waals surface area contributed by atoms with Crippen LogP contribution in [0.2, 0.25) is 0 Å². The van der Waals surface area contributed by atoms with Crippen LogP contribution >= 0.6 is 0 Å². The molecule has 0 spiro atoms. The Morgan fingerprint density at radius 1 is 1.21 bits per heavy atom. The quantitative estimate of drug-likeness (QED) is 0.763. The van der Waals surface area contributed by atoms with Gasteiger partial charge in [-0.1, -0.05) is 12.8 Å². The van der Waals surface area contributed by atoms with Gasteiger partial charge in [0.25, 0.3) is 0 Å². The van der Waals surface area contributed by atoms with Crippen LogP contribution in [0.4, 0.5) is 11.4 Å². The predicted octanol–water partition coefficient (Wildman–Crippen LogP) is 2.25. The van der Waals surface area contributed by atoms with Crippen molar-refractivity contribution in [2.24, 2.45) is 5.73 Å². The van der Waals surface area contributed by atoms with Crippen LogP contribution < -0.4 is 16.4 Å². The lowest BCUT2D eigenvalue weighted by Gasteiger charge is -2.30. The number of hydrogen-bond acceptors (Lipinski definition) is 3. The Bertz CT molecular complexity index is 486. The van der Waals surface area contributed by atoms with Crippen molar-refractivity contribution in [1.82, 2.24) is 0 Å². The zero-order chi connectivity index (χ0) is 13.2. The van der Waals surface area contributed by atoms with Gasteiger partial charge >= 0.3 is 0 Å². The maximum atomic E-state index is 11.3. The van der Waals surface area contributed by atoms with Crippen LogP contribution in [0.1, 0.15) is 37.7 Å². The van der Waals surface area contributed by atoms with E-state index in [1.54, 1.807) is 0 Å². The van der Waals surface area contributed by atoms with Gasteiger partial charge in [0.2, 0.25) is 5.91 Å². The van der Waals surface area contributed by atoms with Crippen molar-refractivity contribution in [1.29, 1.82) is 0 Å². The number of carbonyl (C=O) groups excluding carboxylic acids is 1. The summed E-state index contributed by atoms with van der Waals surface area (Å²) in [5.41, 5.74) is 9.46. The zero-order valence-electron chi connectivity index (χ0n) is 11.1. The van der Waals surface area contributed by atoms with Gasteiger partial charge in [-0.05, 0) is 43.0 Å². The molecule has 19 heavy (non-hydrogen) atoms. The molecule has 1 saturated carbocycles. The second-order valence-corrected chi connectivity index (χ2v) is 5.62. The molecule has 1 heterocycles. The average molecular weight is 259 g/mol. The number of nitrogens with one attached hydrogen (secondary N) is 2. The van der Waals surface area contributed by atoms with Gasteiger partial charge in [0, 0.05) is 29.9 Å². The summed E-state index contributed by atoms with van der Waals surface area (Å²) in [6.45, 7) is 0. The van der Waals surface area contributed by atoms with Crippen LogP contribution in [-0.2, 0) is 11.2 Å². The van der Waals surface area contributed by atoms with Crippen molar-refractivity contribution in [3.8, 4) is 0 Å². The van der Waals surface area contributed by atoms with Crippen molar-refractivity contribution < 1.29 is 4.79 Å². The molecule has 0 aromatic heterocycles. The van der Waals surface area contributed by atoms with E-state index in [2.05, 4.69) is 16.7 Å². The Hall–Kier alpha value is -1.55. The fraction of sp³-hybridized carbons (Fsp3) is 0.533. The van der Waals surface area contributed by atoms with E-state index in [1.807, 2.05) is 12.1 Å². The third-order valence-corrected chi connectivity index (χ3v) is 4.17. The minimum Gasteiger partial charge on any atom is -0.381 e. The van der Waals surface area contributed by atoms with E-state index >= 15 is 0 Å². The molecule has 4 heteroatoms. The maximum Gasteiger partial charge on any atom is 0.224 e. The summed E-state index contributed by atoms with van der Waals surface area (Å²) in [6, 6.07) is 6.81. The topological polar surface area (TPSA) is 67.1 Å². The highest BCUT2D eigenvalue weighted by molar-refractivity contribution is 5.94. The summed E-state index contributed by atoms with van der Waals surface area (Å²) in [4.78, 5) is 11.3. The molecule has 3 rings (SSSR count). The smallest absolute Gasteiger partial charge is 0.224 e. The van der Waals surface area contributed by atoms with E-state index < -0.39 is 0 Å². The molecule has 1 fully saturated rings. The Labute approximate surface area is 113 Å². The fourth-order valence-electron chi connectivity index (χ4n) is 3.03. The number of nitrogens with two attached hydrogens (primary N) is 1. The summed E-state index contributed by atoms with van der Waals surface area (Å²) in [6.07, 6.45) is 6.17. The lowest BCUT2D eigenvalue weighted by atomic mass is 9.90. The largest absolute Gasteiger partial charge is 0.381 e. The van der Waals surface area contributed by atoms with Gasteiger partial charge in [0.05, 0.1) is 0 Å². The first kappa shape index (κ1) is 12.5. The molecule has 4 nitrogen and oxygen atoms in total. The van der Waals surface area contributed by atoms with Crippen LogP contribution in [0.25, 0.3) is 0 Å². The van der Waals surface area contributed by atoms with E-state index in [9.17, 15) is 4.79 Å². The first-order valence-electron chi connectivity index (χ1n) is 7.17. The first-order valence-corrected chi connectivity index (χ1v) is 7.17. The second-order valence-electron chi connectivity index (χ2n) is 5.62. The van der Waals surface area contributed by atoms with Crippen LogP contribution in [0, 0.1) is 0 Å². The molecule has 1 aromatic rings. The van der Waals surface area contributed by atoms with Gasteiger partial charge in [0.15, 0.2) is 0 Å². The number of benzene rings is 1. The number of anilines is 2.